The predicted octanol–water partition coefficient (Wildman–Crippen LogP) is 3.83. The maximum absolute atomic E-state index is 12.8. The largest absolute Gasteiger partial charge is 0.444 e. The number of amides is 2. The predicted molar refractivity (Wildman–Crippen MR) is 108 cm³/mol. The van der Waals surface area contributed by atoms with Gasteiger partial charge in [0, 0.05) is 17.9 Å². The molecule has 1 saturated heterocycles. The molecule has 2 amide bonds. The average molecular weight is 384 g/mol. The Balaban J connectivity index is 1.73. The van der Waals surface area contributed by atoms with Crippen LogP contribution in [0.2, 0.25) is 0 Å². The van der Waals surface area contributed by atoms with E-state index in [0.717, 1.165) is 23.5 Å². The molecule has 1 aromatic heterocycles. The summed E-state index contributed by atoms with van der Waals surface area (Å²) in [5, 5.41) is 7.42. The molecule has 0 saturated carbocycles. The van der Waals surface area contributed by atoms with Crippen LogP contribution < -0.4 is 5.32 Å². The van der Waals surface area contributed by atoms with Crippen molar-refractivity contribution >= 4 is 17.7 Å². The molecule has 0 bridgehead atoms. The molecular formula is C21H28N4O3. The summed E-state index contributed by atoms with van der Waals surface area (Å²) >= 11 is 0. The summed E-state index contributed by atoms with van der Waals surface area (Å²) in [7, 11) is 0. The molecule has 28 heavy (non-hydrogen) atoms. The Bertz CT molecular complexity index is 882. The van der Waals surface area contributed by atoms with Crippen molar-refractivity contribution in [2.75, 3.05) is 11.9 Å². The number of carbonyl (C=O) groups is 2. The number of ether oxygens (including phenoxy) is 1. The summed E-state index contributed by atoms with van der Waals surface area (Å²) in [4.78, 5) is 26.8. The normalized spacial score (nSPS) is 16.9. The molecule has 0 aliphatic carbocycles. The van der Waals surface area contributed by atoms with E-state index >= 15 is 0 Å². The van der Waals surface area contributed by atoms with Crippen molar-refractivity contribution in [1.82, 2.24) is 14.7 Å². The Morgan fingerprint density at radius 1 is 1.21 bits per heavy atom. The molecule has 2 aromatic rings. The van der Waals surface area contributed by atoms with Crippen LogP contribution >= 0.6 is 0 Å². The first-order chi connectivity index (χ1) is 13.1. The van der Waals surface area contributed by atoms with E-state index in [1.54, 1.807) is 0 Å². The zero-order valence-electron chi connectivity index (χ0n) is 17.2. The van der Waals surface area contributed by atoms with Crippen LogP contribution in [-0.2, 0) is 9.53 Å². The van der Waals surface area contributed by atoms with Gasteiger partial charge in [-0.1, -0.05) is 6.07 Å². The van der Waals surface area contributed by atoms with Gasteiger partial charge in [-0.2, -0.15) is 5.10 Å². The third kappa shape index (κ3) is 4.52. The van der Waals surface area contributed by atoms with Crippen molar-refractivity contribution in [3.05, 3.63) is 41.7 Å². The number of anilines is 1. The molecule has 1 N–H and O–H groups in total. The molecule has 3 rings (SSSR count). The second-order valence-electron chi connectivity index (χ2n) is 8.21. The van der Waals surface area contributed by atoms with Crippen LogP contribution in [0.25, 0.3) is 5.69 Å². The van der Waals surface area contributed by atoms with Crippen LogP contribution in [0.15, 0.2) is 30.3 Å². The van der Waals surface area contributed by atoms with Gasteiger partial charge in [0.1, 0.15) is 11.6 Å². The molecule has 7 nitrogen and oxygen atoms in total. The van der Waals surface area contributed by atoms with E-state index in [2.05, 4.69) is 10.4 Å². The van der Waals surface area contributed by atoms with Gasteiger partial charge < -0.3 is 10.1 Å². The third-order valence-electron chi connectivity index (χ3n) is 4.55. The topological polar surface area (TPSA) is 76.5 Å². The number of benzene rings is 1. The van der Waals surface area contributed by atoms with Crippen LogP contribution in [0.4, 0.5) is 10.5 Å². The molecule has 2 heterocycles. The average Bonchev–Trinajstić information content (AvgIpc) is 3.20. The molecule has 1 aliphatic heterocycles. The number of likely N-dealkylation sites (tertiary alicyclic amines) is 1. The van der Waals surface area contributed by atoms with Crippen molar-refractivity contribution in [2.45, 2.75) is 59.1 Å². The zero-order valence-corrected chi connectivity index (χ0v) is 17.2. The summed E-state index contributed by atoms with van der Waals surface area (Å²) in [6.07, 6.45) is 0.965. The van der Waals surface area contributed by atoms with E-state index in [9.17, 15) is 9.59 Å². The second-order valence-corrected chi connectivity index (χ2v) is 8.21. The number of carbonyl (C=O) groups excluding carboxylic acids is 2. The number of rotatable bonds is 3. The molecule has 7 heteroatoms. The number of nitrogens with zero attached hydrogens (tertiary/aromatic N) is 3. The Morgan fingerprint density at radius 3 is 2.61 bits per heavy atom. The molecule has 1 aromatic carbocycles. The van der Waals surface area contributed by atoms with Crippen molar-refractivity contribution in [3.8, 4) is 5.69 Å². The van der Waals surface area contributed by atoms with Gasteiger partial charge in [-0.25, -0.2) is 9.48 Å². The fourth-order valence-corrected chi connectivity index (χ4v) is 3.41. The first kappa shape index (κ1) is 19.9. The van der Waals surface area contributed by atoms with E-state index < -0.39 is 17.7 Å². The van der Waals surface area contributed by atoms with Gasteiger partial charge in [-0.15, -0.1) is 0 Å². The number of aryl methyl sites for hydroxylation is 2. The molecule has 1 atom stereocenters. The van der Waals surface area contributed by atoms with E-state index in [-0.39, 0.29) is 5.91 Å². The molecule has 1 fully saturated rings. The summed E-state index contributed by atoms with van der Waals surface area (Å²) < 4.78 is 7.28. The second kappa shape index (κ2) is 7.66. The van der Waals surface area contributed by atoms with Crippen molar-refractivity contribution in [1.29, 1.82) is 0 Å². The van der Waals surface area contributed by atoms with Crippen LogP contribution in [0.1, 0.15) is 45.0 Å². The molecular weight excluding hydrogens is 356 g/mol. The number of hydrogen-bond acceptors (Lipinski definition) is 4. The van der Waals surface area contributed by atoms with Crippen molar-refractivity contribution < 1.29 is 14.3 Å². The highest BCUT2D eigenvalue weighted by molar-refractivity contribution is 5.97. The van der Waals surface area contributed by atoms with Gasteiger partial charge >= 0.3 is 6.09 Å². The minimum Gasteiger partial charge on any atom is -0.444 e. The SMILES string of the molecule is Cc1cc(C)n(-c2cccc(NC(=O)[C@@H]3CCCN3C(=O)OC(C)(C)C)c2)n1. The summed E-state index contributed by atoms with van der Waals surface area (Å²) in [6, 6.07) is 9.01. The molecule has 0 spiro atoms. The minimum absolute atomic E-state index is 0.200. The Hall–Kier alpha value is -2.83. The fraction of sp³-hybridized carbons (Fsp3) is 0.476. The summed E-state index contributed by atoms with van der Waals surface area (Å²) in [5.41, 5.74) is 2.91. The monoisotopic (exact) mass is 384 g/mol. The van der Waals surface area contributed by atoms with Crippen LogP contribution in [-0.4, -0.2) is 44.9 Å². The molecule has 150 valence electrons. The highest BCUT2D eigenvalue weighted by Crippen LogP contribution is 2.23. The van der Waals surface area contributed by atoms with E-state index in [1.165, 1.54) is 4.90 Å². The lowest BCUT2D eigenvalue weighted by Crippen LogP contribution is -2.45. The van der Waals surface area contributed by atoms with Gasteiger partial charge in [0.25, 0.3) is 0 Å². The number of aromatic nitrogens is 2. The van der Waals surface area contributed by atoms with Crippen molar-refractivity contribution in [3.63, 3.8) is 0 Å². The number of nitrogens with one attached hydrogen (secondary N) is 1. The van der Waals surface area contributed by atoms with E-state index in [0.29, 0.717) is 18.7 Å². The van der Waals surface area contributed by atoms with Gasteiger partial charge in [-0.3, -0.25) is 9.69 Å². The Morgan fingerprint density at radius 2 is 1.96 bits per heavy atom. The van der Waals surface area contributed by atoms with Crippen LogP contribution in [0, 0.1) is 13.8 Å². The highest BCUT2D eigenvalue weighted by atomic mass is 16.6. The zero-order chi connectivity index (χ0) is 20.5. The van der Waals surface area contributed by atoms with Crippen LogP contribution in [0.3, 0.4) is 0 Å². The lowest BCUT2D eigenvalue weighted by Gasteiger charge is -2.28. The summed E-state index contributed by atoms with van der Waals surface area (Å²) in [6.45, 7) is 9.92. The molecule has 0 radical (unpaired) electrons. The summed E-state index contributed by atoms with van der Waals surface area (Å²) in [5.74, 6) is -0.200. The Labute approximate surface area is 165 Å². The van der Waals surface area contributed by atoms with Crippen molar-refractivity contribution in [2.24, 2.45) is 0 Å². The first-order valence-electron chi connectivity index (χ1n) is 9.58. The lowest BCUT2D eigenvalue weighted by atomic mass is 10.2. The lowest BCUT2D eigenvalue weighted by molar-refractivity contribution is -0.120. The highest BCUT2D eigenvalue weighted by Gasteiger charge is 2.36. The maximum atomic E-state index is 12.8. The van der Waals surface area contributed by atoms with Crippen LogP contribution in [0.5, 0.6) is 0 Å². The quantitative estimate of drug-likeness (QED) is 0.873. The molecule has 1 aliphatic rings. The number of hydrogen-bond donors (Lipinski definition) is 1. The van der Waals surface area contributed by atoms with E-state index in [1.807, 2.05) is 69.6 Å². The van der Waals surface area contributed by atoms with Gasteiger partial charge in [0.15, 0.2) is 0 Å². The van der Waals surface area contributed by atoms with E-state index in [4.69, 9.17) is 4.74 Å². The maximum Gasteiger partial charge on any atom is 0.410 e. The van der Waals surface area contributed by atoms with Gasteiger partial charge in [0.05, 0.1) is 11.4 Å². The minimum atomic E-state index is -0.589. The fourth-order valence-electron chi connectivity index (χ4n) is 3.41. The third-order valence-corrected chi connectivity index (χ3v) is 4.55. The first-order valence-corrected chi connectivity index (χ1v) is 9.58. The Kier molecular flexibility index (Phi) is 5.45. The standard InChI is InChI=1S/C21H28N4O3/c1-14-12-15(2)25(23-14)17-9-6-8-16(13-17)22-19(26)18-10-7-11-24(18)20(27)28-21(3,4)5/h6,8-9,12-13,18H,7,10-11H2,1-5H3,(H,22,26)/t18-/m0/s1. The smallest absolute Gasteiger partial charge is 0.410 e. The molecule has 0 unspecified atom stereocenters. The van der Waals surface area contributed by atoms with Gasteiger partial charge in [0.2, 0.25) is 5.91 Å². The van der Waals surface area contributed by atoms with Gasteiger partial charge in [-0.05, 0) is 71.7 Å².